The van der Waals surface area contributed by atoms with Crippen LogP contribution in [-0.4, -0.2) is 13.1 Å². The maximum Gasteiger partial charge on any atom is 0.308 e. The summed E-state index contributed by atoms with van der Waals surface area (Å²) in [5.41, 5.74) is 3.02. The number of hydrogen-bond acceptors (Lipinski definition) is 3. The summed E-state index contributed by atoms with van der Waals surface area (Å²) in [5, 5.41) is 0. The van der Waals surface area contributed by atoms with E-state index in [0.717, 1.165) is 16.9 Å². The molecule has 0 aliphatic rings. The first-order chi connectivity index (χ1) is 10.9. The standard InChI is InChI=1S/C20H24O3/c1-13(2)14(3)16-10-11-20(23-15(4)21)18(12-16)17-8-6-7-9-19(17)22-5/h6-14H,1-5H3. The lowest BCUT2D eigenvalue weighted by atomic mass is 9.88. The number of benzene rings is 2. The Balaban J connectivity index is 2.61. The summed E-state index contributed by atoms with van der Waals surface area (Å²) in [5.74, 6) is 1.93. The first kappa shape index (κ1) is 17.1. The normalized spacial score (nSPS) is 12.1. The van der Waals surface area contributed by atoms with Gasteiger partial charge < -0.3 is 9.47 Å². The Bertz CT molecular complexity index is 689. The van der Waals surface area contributed by atoms with E-state index in [4.69, 9.17) is 9.47 Å². The fraction of sp³-hybridized carbons (Fsp3) is 0.350. The van der Waals surface area contributed by atoms with E-state index in [9.17, 15) is 4.79 Å². The van der Waals surface area contributed by atoms with Crippen molar-refractivity contribution < 1.29 is 14.3 Å². The molecule has 1 unspecified atom stereocenters. The highest BCUT2D eigenvalue weighted by Crippen LogP contribution is 2.39. The zero-order valence-electron chi connectivity index (χ0n) is 14.4. The van der Waals surface area contributed by atoms with Crippen LogP contribution in [0.4, 0.5) is 0 Å². The maximum absolute atomic E-state index is 11.4. The van der Waals surface area contributed by atoms with E-state index in [-0.39, 0.29) is 5.97 Å². The molecule has 0 N–H and O–H groups in total. The molecule has 122 valence electrons. The molecular weight excluding hydrogens is 288 g/mol. The molecule has 0 fully saturated rings. The second kappa shape index (κ2) is 7.32. The number of ether oxygens (including phenoxy) is 2. The van der Waals surface area contributed by atoms with E-state index in [2.05, 4.69) is 26.8 Å². The van der Waals surface area contributed by atoms with Gasteiger partial charge >= 0.3 is 5.97 Å². The summed E-state index contributed by atoms with van der Waals surface area (Å²) in [6.45, 7) is 8.02. The highest BCUT2D eigenvalue weighted by atomic mass is 16.5. The average molecular weight is 312 g/mol. The van der Waals surface area contributed by atoms with Crippen LogP contribution in [0.3, 0.4) is 0 Å². The minimum Gasteiger partial charge on any atom is -0.496 e. The highest BCUT2D eigenvalue weighted by Gasteiger charge is 2.17. The molecule has 0 saturated heterocycles. The summed E-state index contributed by atoms with van der Waals surface area (Å²) < 4.78 is 10.9. The number of rotatable bonds is 5. The smallest absolute Gasteiger partial charge is 0.308 e. The fourth-order valence-electron chi connectivity index (χ4n) is 2.54. The molecule has 2 rings (SSSR count). The number of hydrogen-bond donors (Lipinski definition) is 0. The van der Waals surface area contributed by atoms with Crippen LogP contribution in [0.25, 0.3) is 11.1 Å². The largest absolute Gasteiger partial charge is 0.496 e. The zero-order chi connectivity index (χ0) is 17.0. The molecule has 0 saturated carbocycles. The Morgan fingerprint density at radius 3 is 2.26 bits per heavy atom. The van der Waals surface area contributed by atoms with Crippen LogP contribution in [-0.2, 0) is 4.79 Å². The molecule has 3 heteroatoms. The van der Waals surface area contributed by atoms with Gasteiger partial charge in [-0.3, -0.25) is 4.79 Å². The Kier molecular flexibility index (Phi) is 5.43. The van der Waals surface area contributed by atoms with Crippen LogP contribution < -0.4 is 9.47 Å². The van der Waals surface area contributed by atoms with Gasteiger partial charge in [0.25, 0.3) is 0 Å². The number of carbonyl (C=O) groups excluding carboxylic acids is 1. The number of esters is 1. The van der Waals surface area contributed by atoms with Crippen molar-refractivity contribution in [3.05, 3.63) is 48.0 Å². The van der Waals surface area contributed by atoms with Crippen molar-refractivity contribution >= 4 is 5.97 Å². The van der Waals surface area contributed by atoms with Crippen LogP contribution >= 0.6 is 0 Å². The van der Waals surface area contributed by atoms with Gasteiger partial charge in [-0.1, -0.05) is 45.0 Å². The molecule has 0 amide bonds. The monoisotopic (exact) mass is 312 g/mol. The van der Waals surface area contributed by atoms with Crippen molar-refractivity contribution in [1.82, 2.24) is 0 Å². The van der Waals surface area contributed by atoms with Crippen molar-refractivity contribution in [2.75, 3.05) is 7.11 Å². The van der Waals surface area contributed by atoms with Crippen molar-refractivity contribution in [3.63, 3.8) is 0 Å². The molecule has 0 aromatic heterocycles. The highest BCUT2D eigenvalue weighted by molar-refractivity contribution is 5.80. The molecule has 2 aromatic carbocycles. The van der Waals surface area contributed by atoms with Gasteiger partial charge in [0.2, 0.25) is 0 Å². The summed E-state index contributed by atoms with van der Waals surface area (Å²) in [7, 11) is 1.64. The second-order valence-electron chi connectivity index (χ2n) is 6.08. The molecule has 3 nitrogen and oxygen atoms in total. The second-order valence-corrected chi connectivity index (χ2v) is 6.08. The van der Waals surface area contributed by atoms with Gasteiger partial charge in [-0.25, -0.2) is 0 Å². The minimum absolute atomic E-state index is 0.328. The Morgan fingerprint density at radius 1 is 0.957 bits per heavy atom. The summed E-state index contributed by atoms with van der Waals surface area (Å²) in [4.78, 5) is 11.4. The first-order valence-electron chi connectivity index (χ1n) is 7.89. The van der Waals surface area contributed by atoms with Gasteiger partial charge in [0.1, 0.15) is 11.5 Å². The number of methoxy groups -OCH3 is 1. The third kappa shape index (κ3) is 3.92. The number of para-hydroxylation sites is 1. The lowest BCUT2D eigenvalue weighted by Gasteiger charge is -2.19. The van der Waals surface area contributed by atoms with Crippen molar-refractivity contribution in [2.24, 2.45) is 5.92 Å². The Hall–Kier alpha value is -2.29. The van der Waals surface area contributed by atoms with Crippen molar-refractivity contribution in [3.8, 4) is 22.6 Å². The predicted molar refractivity (Wildman–Crippen MR) is 93.0 cm³/mol. The first-order valence-corrected chi connectivity index (χ1v) is 7.89. The molecule has 1 atom stereocenters. The summed E-state index contributed by atoms with van der Waals surface area (Å²) >= 11 is 0. The van der Waals surface area contributed by atoms with E-state index in [1.807, 2.05) is 36.4 Å². The predicted octanol–water partition coefficient (Wildman–Crippen LogP) is 5.05. The topological polar surface area (TPSA) is 35.5 Å². The quantitative estimate of drug-likeness (QED) is 0.572. The molecule has 0 spiro atoms. The van der Waals surface area contributed by atoms with E-state index >= 15 is 0 Å². The van der Waals surface area contributed by atoms with Gasteiger partial charge in [-0.05, 0) is 35.6 Å². The average Bonchev–Trinajstić information content (AvgIpc) is 2.54. The van der Waals surface area contributed by atoms with Gasteiger partial charge in [0.05, 0.1) is 7.11 Å². The van der Waals surface area contributed by atoms with Gasteiger partial charge in [-0.2, -0.15) is 0 Å². The molecule has 23 heavy (non-hydrogen) atoms. The van der Waals surface area contributed by atoms with Gasteiger partial charge in [0.15, 0.2) is 0 Å². The lowest BCUT2D eigenvalue weighted by Crippen LogP contribution is -2.06. The van der Waals surface area contributed by atoms with Crippen LogP contribution in [0.1, 0.15) is 39.2 Å². The molecule has 2 aromatic rings. The van der Waals surface area contributed by atoms with Crippen LogP contribution in [0, 0.1) is 5.92 Å². The molecule has 0 radical (unpaired) electrons. The zero-order valence-corrected chi connectivity index (χ0v) is 14.4. The summed E-state index contributed by atoms with van der Waals surface area (Å²) in [6, 6.07) is 13.8. The van der Waals surface area contributed by atoms with Crippen LogP contribution in [0.5, 0.6) is 11.5 Å². The van der Waals surface area contributed by atoms with Gasteiger partial charge in [-0.15, -0.1) is 0 Å². The maximum atomic E-state index is 11.4. The third-order valence-electron chi connectivity index (χ3n) is 4.18. The SMILES string of the molecule is COc1ccccc1-c1cc(C(C)C(C)C)ccc1OC(C)=O. The third-order valence-corrected chi connectivity index (χ3v) is 4.18. The number of carbonyl (C=O) groups is 1. The van der Waals surface area contributed by atoms with Gasteiger partial charge in [0, 0.05) is 18.1 Å². The molecule has 0 aliphatic carbocycles. The van der Waals surface area contributed by atoms with E-state index < -0.39 is 0 Å². The van der Waals surface area contributed by atoms with Crippen LogP contribution in [0.15, 0.2) is 42.5 Å². The summed E-state index contributed by atoms with van der Waals surface area (Å²) in [6.07, 6.45) is 0. The molecular formula is C20H24O3. The Morgan fingerprint density at radius 2 is 1.65 bits per heavy atom. The minimum atomic E-state index is -0.328. The molecule has 0 bridgehead atoms. The van der Waals surface area contributed by atoms with Crippen molar-refractivity contribution in [1.29, 1.82) is 0 Å². The van der Waals surface area contributed by atoms with E-state index in [1.54, 1.807) is 7.11 Å². The molecule has 0 heterocycles. The fourth-order valence-corrected chi connectivity index (χ4v) is 2.54. The van der Waals surface area contributed by atoms with Crippen LogP contribution in [0.2, 0.25) is 0 Å². The Labute approximate surface area is 138 Å². The molecule has 0 aliphatic heterocycles. The van der Waals surface area contributed by atoms with Crippen molar-refractivity contribution in [2.45, 2.75) is 33.6 Å². The van der Waals surface area contributed by atoms with E-state index in [1.165, 1.54) is 12.5 Å². The van der Waals surface area contributed by atoms with E-state index in [0.29, 0.717) is 17.6 Å². The lowest BCUT2D eigenvalue weighted by molar-refractivity contribution is -0.131.